The van der Waals surface area contributed by atoms with Crippen molar-refractivity contribution >= 4 is 39.0 Å². The maximum absolute atomic E-state index is 14.9. The number of fused-ring (bicyclic) bond motifs is 14. The van der Waals surface area contributed by atoms with Crippen LogP contribution in [0.4, 0.5) is 21.5 Å². The van der Waals surface area contributed by atoms with E-state index < -0.39 is 5.41 Å². The van der Waals surface area contributed by atoms with Gasteiger partial charge in [-0.15, -0.1) is 0 Å². The lowest BCUT2D eigenvalue weighted by atomic mass is 9.70. The molecule has 0 atom stereocenters. The minimum atomic E-state index is -0.602. The molecule has 0 saturated carbocycles. The van der Waals surface area contributed by atoms with E-state index in [1.165, 1.54) is 38.9 Å². The Balaban J connectivity index is 1.25. The quantitative estimate of drug-likeness (QED) is 0.175. The van der Waals surface area contributed by atoms with Crippen LogP contribution in [0.3, 0.4) is 0 Å². The third kappa shape index (κ3) is 4.53. The predicted octanol–water partition coefficient (Wildman–Crippen LogP) is 14.9. The van der Waals surface area contributed by atoms with Gasteiger partial charge in [-0.25, -0.2) is 4.39 Å². The second-order valence-corrected chi connectivity index (χ2v) is 15.3. The molecule has 0 unspecified atom stereocenters. The van der Waals surface area contributed by atoms with E-state index >= 15 is 0 Å². The van der Waals surface area contributed by atoms with Crippen molar-refractivity contribution in [2.24, 2.45) is 0 Å². The maximum Gasteiger partial charge on any atom is 0.145 e. The van der Waals surface area contributed by atoms with Gasteiger partial charge in [-0.05, 0) is 104 Å². The van der Waals surface area contributed by atoms with Crippen molar-refractivity contribution < 1.29 is 8.81 Å². The molecule has 58 heavy (non-hydrogen) atoms. The van der Waals surface area contributed by atoms with Crippen LogP contribution in [-0.4, -0.2) is 0 Å². The molecule has 9 aromatic carbocycles. The van der Waals surface area contributed by atoms with E-state index in [9.17, 15) is 4.39 Å². The molecule has 2 aliphatic rings. The van der Waals surface area contributed by atoms with Gasteiger partial charge in [-0.2, -0.15) is 0 Å². The zero-order valence-electron chi connectivity index (χ0n) is 31.4. The standard InChI is InChI=1S/C55H34FNO/c56-38-28-30-39(31-29-38)57(49-32-27-37(35-15-3-1-4-16-35)33-44(49)36-17-5-2-6-18-36)50-34-48-52(54-53(50)43-22-10-14-26-51(43)58-54)42-21-9-13-25-47(42)55(48)45-23-11-7-19-40(45)41-20-8-12-24-46(41)55/h1-34H. The van der Waals surface area contributed by atoms with Crippen LogP contribution in [0.1, 0.15) is 22.3 Å². The zero-order chi connectivity index (χ0) is 38.4. The summed E-state index contributed by atoms with van der Waals surface area (Å²) in [6.07, 6.45) is 0. The number of furan rings is 1. The number of hydrogen-bond acceptors (Lipinski definition) is 2. The van der Waals surface area contributed by atoms with Gasteiger partial charge in [-0.1, -0.05) is 158 Å². The fourth-order valence-electron chi connectivity index (χ4n) is 10.00. The van der Waals surface area contributed by atoms with Gasteiger partial charge >= 0.3 is 0 Å². The minimum Gasteiger partial charge on any atom is -0.455 e. The number of anilines is 3. The second-order valence-electron chi connectivity index (χ2n) is 15.3. The fourth-order valence-corrected chi connectivity index (χ4v) is 10.00. The van der Waals surface area contributed by atoms with E-state index in [0.717, 1.165) is 66.8 Å². The summed E-state index contributed by atoms with van der Waals surface area (Å²) in [5.41, 5.74) is 17.9. The molecule has 10 aromatic rings. The molecule has 0 saturated heterocycles. The average molecular weight is 744 g/mol. The van der Waals surface area contributed by atoms with Crippen LogP contribution in [0.15, 0.2) is 211 Å². The molecule has 0 bridgehead atoms. The largest absolute Gasteiger partial charge is 0.455 e. The number of benzene rings is 9. The lowest BCUT2D eigenvalue weighted by molar-refractivity contribution is 0.628. The Morgan fingerprint density at radius 2 is 0.983 bits per heavy atom. The molecule has 0 aliphatic heterocycles. The summed E-state index contributed by atoms with van der Waals surface area (Å²) in [7, 11) is 0. The Labute approximate surface area is 335 Å². The van der Waals surface area contributed by atoms with Crippen LogP contribution in [0.2, 0.25) is 0 Å². The van der Waals surface area contributed by atoms with E-state index in [0.29, 0.717) is 0 Å². The van der Waals surface area contributed by atoms with Gasteiger partial charge in [0.15, 0.2) is 0 Å². The van der Waals surface area contributed by atoms with Crippen molar-refractivity contribution in [1.82, 2.24) is 0 Å². The first-order valence-corrected chi connectivity index (χ1v) is 19.8. The van der Waals surface area contributed by atoms with Crippen LogP contribution in [-0.2, 0) is 5.41 Å². The molecule has 12 rings (SSSR count). The van der Waals surface area contributed by atoms with Gasteiger partial charge in [0.25, 0.3) is 0 Å². The molecule has 0 fully saturated rings. The third-order valence-electron chi connectivity index (χ3n) is 12.3. The summed E-state index contributed by atoms with van der Waals surface area (Å²) in [5, 5.41) is 2.03. The molecule has 3 heteroatoms. The summed E-state index contributed by atoms with van der Waals surface area (Å²) in [5.74, 6) is -0.284. The lowest BCUT2D eigenvalue weighted by Gasteiger charge is -2.33. The summed E-state index contributed by atoms with van der Waals surface area (Å²) in [4.78, 5) is 2.32. The topological polar surface area (TPSA) is 16.4 Å². The van der Waals surface area contributed by atoms with Crippen molar-refractivity contribution in [2.45, 2.75) is 5.41 Å². The molecule has 1 spiro atoms. The Hall–Kier alpha value is -7.49. The number of halogens is 1. The molecular weight excluding hydrogens is 710 g/mol. The van der Waals surface area contributed by atoms with Crippen molar-refractivity contribution in [3.05, 3.63) is 234 Å². The van der Waals surface area contributed by atoms with Gasteiger partial charge in [0, 0.05) is 22.2 Å². The number of hydrogen-bond donors (Lipinski definition) is 0. The van der Waals surface area contributed by atoms with Crippen LogP contribution in [0.25, 0.3) is 66.4 Å². The fraction of sp³-hybridized carbons (Fsp3) is 0.0182. The summed E-state index contributed by atoms with van der Waals surface area (Å²) in [6.45, 7) is 0. The molecule has 0 N–H and O–H groups in total. The van der Waals surface area contributed by atoms with Crippen molar-refractivity contribution in [2.75, 3.05) is 4.90 Å². The molecule has 1 heterocycles. The Kier molecular flexibility index (Phi) is 7.06. The third-order valence-corrected chi connectivity index (χ3v) is 12.3. The monoisotopic (exact) mass is 743 g/mol. The highest BCUT2D eigenvalue weighted by atomic mass is 19.1. The summed E-state index contributed by atoms with van der Waals surface area (Å²) < 4.78 is 22.0. The van der Waals surface area contributed by atoms with E-state index in [-0.39, 0.29) is 5.82 Å². The lowest BCUT2D eigenvalue weighted by Crippen LogP contribution is -2.26. The minimum absolute atomic E-state index is 0.284. The molecule has 2 aliphatic carbocycles. The van der Waals surface area contributed by atoms with Crippen LogP contribution in [0.5, 0.6) is 0 Å². The molecular formula is C55H34FNO. The highest BCUT2D eigenvalue weighted by Crippen LogP contribution is 2.65. The summed E-state index contributed by atoms with van der Waals surface area (Å²) in [6, 6.07) is 72.0. The van der Waals surface area contributed by atoms with Crippen LogP contribution >= 0.6 is 0 Å². The first kappa shape index (κ1) is 32.7. The van der Waals surface area contributed by atoms with E-state index in [4.69, 9.17) is 4.42 Å². The highest BCUT2D eigenvalue weighted by Gasteiger charge is 2.53. The second kappa shape index (κ2) is 12.5. The van der Waals surface area contributed by atoms with Crippen LogP contribution in [0, 0.1) is 5.82 Å². The van der Waals surface area contributed by atoms with E-state index in [1.807, 2.05) is 24.3 Å². The van der Waals surface area contributed by atoms with Gasteiger partial charge in [-0.3, -0.25) is 0 Å². The Morgan fingerprint density at radius 1 is 0.414 bits per heavy atom. The smallest absolute Gasteiger partial charge is 0.145 e. The molecule has 2 nitrogen and oxygen atoms in total. The Bertz CT molecular complexity index is 3190. The first-order valence-electron chi connectivity index (χ1n) is 19.8. The SMILES string of the molecule is Fc1ccc(N(c2ccc(-c3ccccc3)cc2-c2ccccc2)c2cc3c(c4oc5ccccc5c24)-c2ccccc2C32c3ccccc3-c3ccccc32)cc1. The van der Waals surface area contributed by atoms with Crippen molar-refractivity contribution in [1.29, 1.82) is 0 Å². The predicted molar refractivity (Wildman–Crippen MR) is 236 cm³/mol. The normalized spacial score (nSPS) is 13.1. The average Bonchev–Trinajstić information content (AvgIpc) is 3.92. The highest BCUT2D eigenvalue weighted by molar-refractivity contribution is 6.20. The van der Waals surface area contributed by atoms with Gasteiger partial charge in [0.05, 0.1) is 22.2 Å². The zero-order valence-corrected chi connectivity index (χ0v) is 31.4. The Morgan fingerprint density at radius 3 is 1.67 bits per heavy atom. The van der Waals surface area contributed by atoms with Gasteiger partial charge in [0.2, 0.25) is 0 Å². The number of para-hydroxylation sites is 1. The number of nitrogens with zero attached hydrogens (tertiary/aromatic N) is 1. The maximum atomic E-state index is 14.9. The molecule has 0 radical (unpaired) electrons. The van der Waals surface area contributed by atoms with Crippen molar-refractivity contribution in [3.63, 3.8) is 0 Å². The van der Waals surface area contributed by atoms with Gasteiger partial charge in [0.1, 0.15) is 17.0 Å². The molecule has 1 aromatic heterocycles. The van der Waals surface area contributed by atoms with Crippen LogP contribution < -0.4 is 4.90 Å². The number of rotatable bonds is 5. The van der Waals surface area contributed by atoms with E-state index in [2.05, 4.69) is 175 Å². The van der Waals surface area contributed by atoms with E-state index in [1.54, 1.807) is 12.1 Å². The molecule has 272 valence electrons. The van der Waals surface area contributed by atoms with Gasteiger partial charge < -0.3 is 9.32 Å². The first-order chi connectivity index (χ1) is 28.7. The summed E-state index contributed by atoms with van der Waals surface area (Å²) >= 11 is 0. The molecule has 0 amide bonds. The van der Waals surface area contributed by atoms with Crippen molar-refractivity contribution in [3.8, 4) is 44.5 Å².